The second kappa shape index (κ2) is 7.72. The van der Waals surface area contributed by atoms with Gasteiger partial charge in [0.25, 0.3) is 0 Å². The molecule has 1 aromatic carbocycles. The lowest BCUT2D eigenvalue weighted by atomic mass is 10.0. The molecule has 0 aliphatic heterocycles. The van der Waals surface area contributed by atoms with Crippen molar-refractivity contribution in [3.8, 4) is 5.75 Å². The van der Waals surface area contributed by atoms with Gasteiger partial charge in [0.1, 0.15) is 5.75 Å². The van der Waals surface area contributed by atoms with E-state index in [-0.39, 0.29) is 0 Å². The molecular weight excluding hydrogens is 278 g/mol. The standard InChI is InChI=1S/C14H22BrNO/c1-4-7-16-10-11(2)8-12-9-13(17-3)5-6-14(12)15/h5-6,9,11,16H,4,7-8,10H2,1-3H3. The van der Waals surface area contributed by atoms with Gasteiger partial charge in [0.15, 0.2) is 0 Å². The number of ether oxygens (including phenoxy) is 1. The third-order valence-electron chi connectivity index (χ3n) is 2.74. The van der Waals surface area contributed by atoms with Gasteiger partial charge in [0, 0.05) is 4.47 Å². The summed E-state index contributed by atoms with van der Waals surface area (Å²) in [5, 5.41) is 3.46. The molecular formula is C14H22BrNO. The predicted octanol–water partition coefficient (Wildman–Crippen LogP) is 3.64. The van der Waals surface area contributed by atoms with Crippen LogP contribution in [0.5, 0.6) is 5.75 Å². The van der Waals surface area contributed by atoms with Crippen molar-refractivity contribution < 1.29 is 4.74 Å². The number of hydrogen-bond donors (Lipinski definition) is 1. The first-order valence-corrected chi connectivity index (χ1v) is 6.99. The van der Waals surface area contributed by atoms with E-state index in [1.54, 1.807) is 7.11 Å². The van der Waals surface area contributed by atoms with E-state index in [1.807, 2.05) is 6.07 Å². The van der Waals surface area contributed by atoms with Crippen molar-refractivity contribution in [1.82, 2.24) is 5.32 Å². The molecule has 96 valence electrons. The second-order valence-electron chi connectivity index (χ2n) is 4.47. The van der Waals surface area contributed by atoms with Crippen molar-refractivity contribution in [3.05, 3.63) is 28.2 Å². The number of benzene rings is 1. The van der Waals surface area contributed by atoms with E-state index in [4.69, 9.17) is 4.74 Å². The zero-order chi connectivity index (χ0) is 12.7. The van der Waals surface area contributed by atoms with Crippen LogP contribution in [0.4, 0.5) is 0 Å². The Labute approximate surface area is 113 Å². The van der Waals surface area contributed by atoms with Crippen LogP contribution in [0.25, 0.3) is 0 Å². The van der Waals surface area contributed by atoms with Gasteiger partial charge in [-0.25, -0.2) is 0 Å². The lowest BCUT2D eigenvalue weighted by Gasteiger charge is -2.14. The van der Waals surface area contributed by atoms with Crippen LogP contribution in [-0.4, -0.2) is 20.2 Å². The maximum absolute atomic E-state index is 5.25. The Morgan fingerprint density at radius 3 is 2.82 bits per heavy atom. The van der Waals surface area contributed by atoms with Crippen LogP contribution in [-0.2, 0) is 6.42 Å². The molecule has 1 atom stereocenters. The molecule has 0 aliphatic rings. The minimum Gasteiger partial charge on any atom is -0.497 e. The molecule has 0 heterocycles. The molecule has 1 N–H and O–H groups in total. The average molecular weight is 300 g/mol. The molecule has 0 spiro atoms. The Morgan fingerprint density at radius 1 is 1.41 bits per heavy atom. The first-order chi connectivity index (χ1) is 8.17. The summed E-state index contributed by atoms with van der Waals surface area (Å²) in [7, 11) is 1.71. The molecule has 17 heavy (non-hydrogen) atoms. The molecule has 0 bridgehead atoms. The Kier molecular flexibility index (Phi) is 6.60. The number of methoxy groups -OCH3 is 1. The fourth-order valence-electron chi connectivity index (χ4n) is 1.81. The van der Waals surface area contributed by atoms with E-state index in [0.717, 1.165) is 25.3 Å². The number of hydrogen-bond acceptors (Lipinski definition) is 2. The van der Waals surface area contributed by atoms with Crippen molar-refractivity contribution in [2.24, 2.45) is 5.92 Å². The summed E-state index contributed by atoms with van der Waals surface area (Å²) >= 11 is 3.59. The maximum Gasteiger partial charge on any atom is 0.119 e. The molecule has 0 fully saturated rings. The van der Waals surface area contributed by atoms with Crippen molar-refractivity contribution in [2.45, 2.75) is 26.7 Å². The van der Waals surface area contributed by atoms with Crippen LogP contribution in [0.1, 0.15) is 25.8 Å². The minimum atomic E-state index is 0.630. The van der Waals surface area contributed by atoms with Crippen LogP contribution < -0.4 is 10.1 Å². The number of rotatable bonds is 7. The van der Waals surface area contributed by atoms with E-state index in [2.05, 4.69) is 47.2 Å². The summed E-state index contributed by atoms with van der Waals surface area (Å²) in [5.74, 6) is 1.56. The Morgan fingerprint density at radius 2 is 2.18 bits per heavy atom. The molecule has 0 aliphatic carbocycles. The Hall–Kier alpha value is -0.540. The zero-order valence-electron chi connectivity index (χ0n) is 10.9. The third-order valence-corrected chi connectivity index (χ3v) is 3.51. The lowest BCUT2D eigenvalue weighted by molar-refractivity contribution is 0.413. The van der Waals surface area contributed by atoms with Crippen molar-refractivity contribution in [3.63, 3.8) is 0 Å². The van der Waals surface area contributed by atoms with Crippen molar-refractivity contribution >= 4 is 15.9 Å². The van der Waals surface area contributed by atoms with Crippen LogP contribution in [0.3, 0.4) is 0 Å². The van der Waals surface area contributed by atoms with Crippen LogP contribution in [0, 0.1) is 5.92 Å². The lowest BCUT2D eigenvalue weighted by Crippen LogP contribution is -2.23. The summed E-state index contributed by atoms with van der Waals surface area (Å²) < 4.78 is 6.42. The molecule has 0 aromatic heterocycles. The van der Waals surface area contributed by atoms with Gasteiger partial charge in [0.2, 0.25) is 0 Å². The first kappa shape index (κ1) is 14.5. The molecule has 1 rings (SSSR count). The highest BCUT2D eigenvalue weighted by molar-refractivity contribution is 9.10. The summed E-state index contributed by atoms with van der Waals surface area (Å²) in [6, 6.07) is 6.15. The summed E-state index contributed by atoms with van der Waals surface area (Å²) in [5.41, 5.74) is 1.31. The highest BCUT2D eigenvalue weighted by Crippen LogP contribution is 2.24. The monoisotopic (exact) mass is 299 g/mol. The molecule has 2 nitrogen and oxygen atoms in total. The van der Waals surface area contributed by atoms with Crippen LogP contribution in [0.2, 0.25) is 0 Å². The smallest absolute Gasteiger partial charge is 0.119 e. The largest absolute Gasteiger partial charge is 0.497 e. The summed E-state index contributed by atoms with van der Waals surface area (Å²) in [4.78, 5) is 0. The van der Waals surface area contributed by atoms with Gasteiger partial charge >= 0.3 is 0 Å². The van der Waals surface area contributed by atoms with Gasteiger partial charge in [0.05, 0.1) is 7.11 Å². The van der Waals surface area contributed by atoms with E-state index in [0.29, 0.717) is 5.92 Å². The molecule has 1 unspecified atom stereocenters. The van der Waals surface area contributed by atoms with Gasteiger partial charge in [-0.1, -0.05) is 29.8 Å². The minimum absolute atomic E-state index is 0.630. The van der Waals surface area contributed by atoms with E-state index in [1.165, 1.54) is 16.5 Å². The fourth-order valence-corrected chi connectivity index (χ4v) is 2.22. The highest BCUT2D eigenvalue weighted by Gasteiger charge is 2.07. The van der Waals surface area contributed by atoms with Gasteiger partial charge in [-0.3, -0.25) is 0 Å². The normalized spacial score (nSPS) is 12.5. The molecule has 0 radical (unpaired) electrons. The summed E-state index contributed by atoms with van der Waals surface area (Å²) in [6.07, 6.45) is 2.25. The zero-order valence-corrected chi connectivity index (χ0v) is 12.5. The van der Waals surface area contributed by atoms with E-state index < -0.39 is 0 Å². The first-order valence-electron chi connectivity index (χ1n) is 6.20. The van der Waals surface area contributed by atoms with Crippen LogP contribution in [0.15, 0.2) is 22.7 Å². The van der Waals surface area contributed by atoms with Gasteiger partial charge in [-0.2, -0.15) is 0 Å². The van der Waals surface area contributed by atoms with Gasteiger partial charge in [-0.05, 0) is 55.6 Å². The SMILES string of the molecule is CCCNCC(C)Cc1cc(OC)ccc1Br. The quantitative estimate of drug-likeness (QED) is 0.776. The molecule has 0 saturated heterocycles. The Bertz CT molecular complexity index is 341. The molecule has 3 heteroatoms. The molecule has 0 amide bonds. The number of nitrogens with one attached hydrogen (secondary N) is 1. The third kappa shape index (κ3) is 5.09. The number of halogens is 1. The Balaban J connectivity index is 2.54. The summed E-state index contributed by atoms with van der Waals surface area (Å²) in [6.45, 7) is 6.63. The van der Waals surface area contributed by atoms with Gasteiger partial charge in [-0.15, -0.1) is 0 Å². The van der Waals surface area contributed by atoms with Gasteiger partial charge < -0.3 is 10.1 Å². The molecule has 1 aromatic rings. The molecule has 0 saturated carbocycles. The highest BCUT2D eigenvalue weighted by atomic mass is 79.9. The topological polar surface area (TPSA) is 21.3 Å². The predicted molar refractivity (Wildman–Crippen MR) is 76.7 cm³/mol. The van der Waals surface area contributed by atoms with Crippen molar-refractivity contribution in [2.75, 3.05) is 20.2 Å². The fraction of sp³-hybridized carbons (Fsp3) is 0.571. The average Bonchev–Trinajstić information content (AvgIpc) is 2.32. The van der Waals surface area contributed by atoms with E-state index >= 15 is 0 Å². The van der Waals surface area contributed by atoms with E-state index in [9.17, 15) is 0 Å². The second-order valence-corrected chi connectivity index (χ2v) is 5.33. The maximum atomic E-state index is 5.25. The van der Waals surface area contributed by atoms with Crippen molar-refractivity contribution in [1.29, 1.82) is 0 Å². The van der Waals surface area contributed by atoms with Crippen LogP contribution >= 0.6 is 15.9 Å².